The highest BCUT2D eigenvalue weighted by Crippen LogP contribution is 2.25. The lowest BCUT2D eigenvalue weighted by atomic mass is 9.98. The van der Waals surface area contributed by atoms with E-state index in [1.807, 2.05) is 30.3 Å². The minimum atomic E-state index is -0.258. The molecule has 0 saturated carbocycles. The van der Waals surface area contributed by atoms with E-state index >= 15 is 0 Å². The average Bonchev–Trinajstić information content (AvgIpc) is 3.21. The van der Waals surface area contributed by atoms with E-state index in [1.54, 1.807) is 6.07 Å². The van der Waals surface area contributed by atoms with Gasteiger partial charge in [-0.05, 0) is 80.6 Å². The first-order valence-electron chi connectivity index (χ1n) is 10.1. The molecule has 2 aliphatic heterocycles. The summed E-state index contributed by atoms with van der Waals surface area (Å²) in [5.41, 5.74) is 2.38. The summed E-state index contributed by atoms with van der Waals surface area (Å²) in [5.74, 6) is -0.150. The molecule has 4 rings (SSSR count). The second-order valence-electron chi connectivity index (χ2n) is 7.75. The molecule has 2 saturated heterocycles. The lowest BCUT2D eigenvalue weighted by molar-refractivity contribution is 0.0560. The number of carbonyl (C=O) groups is 1. The Labute approximate surface area is 160 Å². The Kier molecular flexibility index (Phi) is 5.53. The molecule has 3 nitrogen and oxygen atoms in total. The summed E-state index contributed by atoms with van der Waals surface area (Å²) in [6.07, 6.45) is 5.91. The molecule has 0 aromatic heterocycles. The molecule has 4 heteroatoms. The maximum absolute atomic E-state index is 13.6. The molecule has 1 amide bonds. The monoisotopic (exact) mass is 366 g/mol. The summed E-state index contributed by atoms with van der Waals surface area (Å²) in [4.78, 5) is 17.8. The van der Waals surface area contributed by atoms with E-state index in [0.717, 1.165) is 50.1 Å². The van der Waals surface area contributed by atoms with E-state index in [1.165, 1.54) is 31.4 Å². The first-order chi connectivity index (χ1) is 13.2. The van der Waals surface area contributed by atoms with Gasteiger partial charge in [-0.25, -0.2) is 4.39 Å². The molecular weight excluding hydrogens is 339 g/mol. The van der Waals surface area contributed by atoms with Gasteiger partial charge in [0.1, 0.15) is 5.82 Å². The summed E-state index contributed by atoms with van der Waals surface area (Å²) in [7, 11) is 0. The van der Waals surface area contributed by atoms with Crippen LogP contribution in [0.25, 0.3) is 11.1 Å². The quantitative estimate of drug-likeness (QED) is 0.790. The maximum Gasteiger partial charge on any atom is 0.254 e. The van der Waals surface area contributed by atoms with Crippen molar-refractivity contribution >= 4 is 5.91 Å². The van der Waals surface area contributed by atoms with Gasteiger partial charge >= 0.3 is 0 Å². The molecule has 0 bridgehead atoms. The van der Waals surface area contributed by atoms with Crippen molar-refractivity contribution in [3.63, 3.8) is 0 Å². The number of hydrogen-bond donors (Lipinski definition) is 0. The Hall–Kier alpha value is -2.20. The Morgan fingerprint density at radius 2 is 1.63 bits per heavy atom. The Bertz CT molecular complexity index is 800. The van der Waals surface area contributed by atoms with E-state index in [0.29, 0.717) is 11.6 Å². The highest BCUT2D eigenvalue weighted by atomic mass is 19.1. The zero-order chi connectivity index (χ0) is 18.6. The normalized spacial score (nSPS) is 20.8. The molecule has 0 N–H and O–H groups in total. The number of hydrogen-bond acceptors (Lipinski definition) is 2. The lowest BCUT2D eigenvalue weighted by Crippen LogP contribution is -2.49. The third-order valence-electron chi connectivity index (χ3n) is 5.82. The maximum atomic E-state index is 13.6. The third-order valence-corrected chi connectivity index (χ3v) is 5.82. The minimum absolute atomic E-state index is 0.108. The fraction of sp³-hybridized carbons (Fsp3) is 0.435. The SMILES string of the molecule is O=C(c1cccc(-c2cccc(F)c2)c1)N1CCCCC1CN1CCCC1. The minimum Gasteiger partial charge on any atom is -0.334 e. The number of nitrogens with zero attached hydrogens (tertiary/aromatic N) is 2. The summed E-state index contributed by atoms with van der Waals surface area (Å²) in [6, 6.07) is 14.5. The van der Waals surface area contributed by atoms with Gasteiger partial charge in [-0.3, -0.25) is 4.79 Å². The van der Waals surface area contributed by atoms with Crippen LogP contribution in [0.15, 0.2) is 48.5 Å². The van der Waals surface area contributed by atoms with Gasteiger partial charge in [-0.2, -0.15) is 0 Å². The summed E-state index contributed by atoms with van der Waals surface area (Å²) < 4.78 is 13.6. The number of halogens is 1. The van der Waals surface area contributed by atoms with Crippen LogP contribution in [0.4, 0.5) is 4.39 Å². The third kappa shape index (κ3) is 4.22. The Balaban J connectivity index is 1.54. The highest BCUT2D eigenvalue weighted by molar-refractivity contribution is 5.95. The van der Waals surface area contributed by atoms with Crippen LogP contribution in [0.2, 0.25) is 0 Å². The van der Waals surface area contributed by atoms with Gasteiger partial charge in [0, 0.05) is 24.7 Å². The zero-order valence-corrected chi connectivity index (χ0v) is 15.7. The van der Waals surface area contributed by atoms with Crippen molar-refractivity contribution < 1.29 is 9.18 Å². The van der Waals surface area contributed by atoms with Gasteiger partial charge in [0.05, 0.1) is 0 Å². The van der Waals surface area contributed by atoms with Gasteiger partial charge in [-0.15, -0.1) is 0 Å². The molecular formula is C23H27FN2O. The number of rotatable bonds is 4. The van der Waals surface area contributed by atoms with Crippen molar-refractivity contribution in [2.24, 2.45) is 0 Å². The molecule has 1 unspecified atom stereocenters. The number of benzene rings is 2. The van der Waals surface area contributed by atoms with Crippen LogP contribution >= 0.6 is 0 Å². The molecule has 142 valence electrons. The van der Waals surface area contributed by atoms with Gasteiger partial charge in [0.25, 0.3) is 5.91 Å². The Morgan fingerprint density at radius 3 is 2.41 bits per heavy atom. The molecule has 2 aromatic rings. The average molecular weight is 366 g/mol. The van der Waals surface area contributed by atoms with Crippen LogP contribution in [-0.2, 0) is 0 Å². The number of likely N-dealkylation sites (tertiary alicyclic amines) is 2. The van der Waals surface area contributed by atoms with Crippen molar-refractivity contribution in [1.82, 2.24) is 9.80 Å². The fourth-order valence-electron chi connectivity index (χ4n) is 4.39. The molecule has 0 spiro atoms. The standard InChI is InChI=1S/C23H27FN2O/c24-21-10-6-8-19(16-21)18-7-5-9-20(15-18)23(27)26-14-2-1-11-22(26)17-25-12-3-4-13-25/h5-10,15-16,22H,1-4,11-14,17H2. The molecule has 27 heavy (non-hydrogen) atoms. The van der Waals surface area contributed by atoms with Crippen LogP contribution in [0.5, 0.6) is 0 Å². The molecule has 1 atom stereocenters. The largest absolute Gasteiger partial charge is 0.334 e. The molecule has 2 fully saturated rings. The van der Waals surface area contributed by atoms with Crippen LogP contribution in [0, 0.1) is 5.82 Å². The number of amides is 1. The van der Waals surface area contributed by atoms with Crippen LogP contribution in [0.1, 0.15) is 42.5 Å². The predicted octanol–water partition coefficient (Wildman–Crippen LogP) is 4.58. The van der Waals surface area contributed by atoms with E-state index in [4.69, 9.17) is 0 Å². The van der Waals surface area contributed by atoms with Crippen molar-refractivity contribution in [2.45, 2.75) is 38.1 Å². The molecule has 2 aliphatic rings. The van der Waals surface area contributed by atoms with E-state index in [2.05, 4.69) is 9.80 Å². The second kappa shape index (κ2) is 8.22. The van der Waals surface area contributed by atoms with Crippen molar-refractivity contribution in [2.75, 3.05) is 26.2 Å². The Morgan fingerprint density at radius 1 is 0.926 bits per heavy atom. The first kappa shape index (κ1) is 18.2. The second-order valence-corrected chi connectivity index (χ2v) is 7.75. The van der Waals surface area contributed by atoms with Crippen molar-refractivity contribution in [3.8, 4) is 11.1 Å². The van der Waals surface area contributed by atoms with Crippen molar-refractivity contribution in [3.05, 3.63) is 59.9 Å². The first-order valence-corrected chi connectivity index (χ1v) is 10.1. The highest BCUT2D eigenvalue weighted by Gasteiger charge is 2.29. The van der Waals surface area contributed by atoms with Crippen molar-refractivity contribution in [1.29, 1.82) is 0 Å². The van der Waals surface area contributed by atoms with Crippen LogP contribution in [0.3, 0.4) is 0 Å². The van der Waals surface area contributed by atoms with E-state index < -0.39 is 0 Å². The van der Waals surface area contributed by atoms with Gasteiger partial charge in [0.2, 0.25) is 0 Å². The molecule has 0 radical (unpaired) electrons. The molecule has 2 heterocycles. The van der Waals surface area contributed by atoms with Crippen LogP contribution < -0.4 is 0 Å². The van der Waals surface area contributed by atoms with Gasteiger partial charge < -0.3 is 9.80 Å². The van der Waals surface area contributed by atoms with Crippen LogP contribution in [-0.4, -0.2) is 47.9 Å². The topological polar surface area (TPSA) is 23.6 Å². The zero-order valence-electron chi connectivity index (χ0n) is 15.7. The number of piperidine rings is 1. The van der Waals surface area contributed by atoms with Gasteiger partial charge in [-0.1, -0.05) is 24.3 Å². The van der Waals surface area contributed by atoms with E-state index in [9.17, 15) is 9.18 Å². The summed E-state index contributed by atoms with van der Waals surface area (Å²) in [5, 5.41) is 0. The molecule has 0 aliphatic carbocycles. The number of carbonyl (C=O) groups excluding carboxylic acids is 1. The molecule has 2 aromatic carbocycles. The summed E-state index contributed by atoms with van der Waals surface area (Å²) in [6.45, 7) is 4.15. The van der Waals surface area contributed by atoms with E-state index in [-0.39, 0.29) is 11.7 Å². The fourth-order valence-corrected chi connectivity index (χ4v) is 4.39. The lowest BCUT2D eigenvalue weighted by Gasteiger charge is -2.38. The predicted molar refractivity (Wildman–Crippen MR) is 106 cm³/mol. The smallest absolute Gasteiger partial charge is 0.254 e. The summed E-state index contributed by atoms with van der Waals surface area (Å²) >= 11 is 0. The van der Waals surface area contributed by atoms with Gasteiger partial charge in [0.15, 0.2) is 0 Å².